The molecule has 4 heterocycles. The molecular weight excluding hydrogens is 338 g/mol. The van der Waals surface area contributed by atoms with Crippen LogP contribution in [0.3, 0.4) is 0 Å². The smallest absolute Gasteiger partial charge is 0.272 e. The van der Waals surface area contributed by atoms with Gasteiger partial charge in [-0.25, -0.2) is 9.97 Å². The zero-order chi connectivity index (χ0) is 18.4. The number of hydrogen-bond donors (Lipinski definition) is 1. The first-order valence-corrected chi connectivity index (χ1v) is 9.37. The monoisotopic (exact) mass is 359 g/mol. The zero-order valence-corrected chi connectivity index (χ0v) is 15.2. The number of hydrogen-bond acceptors (Lipinski definition) is 3. The van der Waals surface area contributed by atoms with E-state index in [1.54, 1.807) is 6.20 Å². The van der Waals surface area contributed by atoms with Crippen molar-refractivity contribution in [1.82, 2.24) is 24.3 Å². The van der Waals surface area contributed by atoms with Crippen molar-refractivity contribution < 1.29 is 4.79 Å². The van der Waals surface area contributed by atoms with Gasteiger partial charge in [-0.2, -0.15) is 0 Å². The maximum atomic E-state index is 13.1. The molecular formula is C21H21N5O. The summed E-state index contributed by atoms with van der Waals surface area (Å²) < 4.78 is 1.86. The Morgan fingerprint density at radius 1 is 1.22 bits per heavy atom. The van der Waals surface area contributed by atoms with Crippen LogP contribution in [0.2, 0.25) is 0 Å². The van der Waals surface area contributed by atoms with Crippen LogP contribution in [-0.2, 0) is 0 Å². The van der Waals surface area contributed by atoms with Crippen LogP contribution in [0.25, 0.3) is 16.7 Å². The van der Waals surface area contributed by atoms with Gasteiger partial charge in [-0.05, 0) is 43.5 Å². The van der Waals surface area contributed by atoms with Crippen LogP contribution in [-0.4, -0.2) is 43.2 Å². The second kappa shape index (κ2) is 6.23. The number of rotatable bonds is 2. The van der Waals surface area contributed by atoms with E-state index in [9.17, 15) is 4.79 Å². The van der Waals surface area contributed by atoms with Crippen molar-refractivity contribution in [3.8, 4) is 0 Å². The van der Waals surface area contributed by atoms with Gasteiger partial charge in [0.2, 0.25) is 0 Å². The van der Waals surface area contributed by atoms with Gasteiger partial charge in [-0.3, -0.25) is 9.20 Å². The van der Waals surface area contributed by atoms with Crippen molar-refractivity contribution in [2.45, 2.75) is 25.7 Å². The third-order valence-corrected chi connectivity index (χ3v) is 5.46. The summed E-state index contributed by atoms with van der Waals surface area (Å²) >= 11 is 0. The molecule has 4 aromatic rings. The predicted octanol–water partition coefficient (Wildman–Crippen LogP) is 3.54. The van der Waals surface area contributed by atoms with Gasteiger partial charge in [0.05, 0.1) is 17.2 Å². The zero-order valence-electron chi connectivity index (χ0n) is 15.2. The van der Waals surface area contributed by atoms with Crippen LogP contribution in [0.15, 0.2) is 48.8 Å². The predicted molar refractivity (Wildman–Crippen MR) is 104 cm³/mol. The molecule has 1 aliphatic rings. The second-order valence-electron chi connectivity index (χ2n) is 7.26. The fraction of sp³-hybridized carbons (Fsp3) is 0.286. The van der Waals surface area contributed by atoms with Crippen LogP contribution in [0, 0.1) is 6.92 Å². The van der Waals surface area contributed by atoms with Crippen molar-refractivity contribution >= 4 is 22.6 Å². The fourth-order valence-electron chi connectivity index (χ4n) is 4.03. The number of aromatic nitrogens is 4. The standard InChI is InChI=1S/C21H21N5O/c1-14-6-4-8-16-19(14)24-20(23-16)15-7-5-10-25(13-15)21(27)17-12-22-18-9-2-3-11-26(17)18/h2-4,6,8-9,11-12,15H,5,7,10,13H2,1H3,(H,23,24)/t15-/m1/s1. The van der Waals surface area contributed by atoms with Gasteiger partial charge in [-0.15, -0.1) is 0 Å². The number of carbonyl (C=O) groups excluding carboxylic acids is 1. The van der Waals surface area contributed by atoms with E-state index in [0.29, 0.717) is 12.2 Å². The van der Waals surface area contributed by atoms with E-state index in [1.807, 2.05) is 39.8 Å². The van der Waals surface area contributed by atoms with Crippen molar-refractivity contribution in [2.24, 2.45) is 0 Å². The van der Waals surface area contributed by atoms with Crippen molar-refractivity contribution in [3.05, 3.63) is 65.9 Å². The number of benzene rings is 1. The SMILES string of the molecule is Cc1cccc2[nH]c([C@@H]3CCCN(C(=O)c4cnc5ccccn45)C3)nc12. The molecule has 1 aromatic carbocycles. The quantitative estimate of drug-likeness (QED) is 0.595. The van der Waals surface area contributed by atoms with Crippen LogP contribution >= 0.6 is 0 Å². The highest BCUT2D eigenvalue weighted by Gasteiger charge is 2.28. The molecule has 1 amide bonds. The lowest BCUT2D eigenvalue weighted by atomic mass is 9.97. The molecule has 1 aliphatic heterocycles. The number of amides is 1. The van der Waals surface area contributed by atoms with E-state index in [2.05, 4.69) is 29.0 Å². The summed E-state index contributed by atoms with van der Waals surface area (Å²) in [4.78, 5) is 27.7. The summed E-state index contributed by atoms with van der Waals surface area (Å²) in [5.74, 6) is 1.24. The first-order chi connectivity index (χ1) is 13.2. The Morgan fingerprint density at radius 3 is 3.04 bits per heavy atom. The number of aromatic amines is 1. The summed E-state index contributed by atoms with van der Waals surface area (Å²) in [7, 11) is 0. The average Bonchev–Trinajstić information content (AvgIpc) is 3.33. The Hall–Kier alpha value is -3.15. The number of pyridine rings is 1. The van der Waals surface area contributed by atoms with E-state index < -0.39 is 0 Å². The highest BCUT2D eigenvalue weighted by atomic mass is 16.2. The van der Waals surface area contributed by atoms with Crippen molar-refractivity contribution in [2.75, 3.05) is 13.1 Å². The van der Waals surface area contributed by atoms with E-state index >= 15 is 0 Å². The number of carbonyl (C=O) groups is 1. The van der Waals surface area contributed by atoms with Gasteiger partial charge in [0.15, 0.2) is 0 Å². The summed E-state index contributed by atoms with van der Waals surface area (Å²) in [5, 5.41) is 0. The number of nitrogens with zero attached hydrogens (tertiary/aromatic N) is 4. The topological polar surface area (TPSA) is 66.3 Å². The van der Waals surface area contributed by atoms with Gasteiger partial charge in [0.25, 0.3) is 5.91 Å². The lowest BCUT2D eigenvalue weighted by Gasteiger charge is -2.31. The fourth-order valence-corrected chi connectivity index (χ4v) is 4.03. The van der Waals surface area contributed by atoms with Crippen molar-refractivity contribution in [3.63, 3.8) is 0 Å². The van der Waals surface area contributed by atoms with E-state index in [1.165, 1.54) is 5.56 Å². The van der Waals surface area contributed by atoms with Gasteiger partial charge < -0.3 is 9.88 Å². The highest BCUT2D eigenvalue weighted by Crippen LogP contribution is 2.28. The maximum absolute atomic E-state index is 13.1. The van der Waals surface area contributed by atoms with Crippen LogP contribution in [0.5, 0.6) is 0 Å². The number of H-pyrrole nitrogens is 1. The minimum atomic E-state index is 0.0330. The van der Waals surface area contributed by atoms with E-state index in [4.69, 9.17) is 4.98 Å². The minimum absolute atomic E-state index is 0.0330. The van der Waals surface area contributed by atoms with Gasteiger partial charge in [0.1, 0.15) is 17.2 Å². The molecule has 1 N–H and O–H groups in total. The number of likely N-dealkylation sites (tertiary alicyclic amines) is 1. The summed E-state index contributed by atoms with van der Waals surface area (Å²) in [5.41, 5.74) is 4.67. The third kappa shape index (κ3) is 2.68. The Labute approximate surface area is 156 Å². The maximum Gasteiger partial charge on any atom is 0.272 e. The van der Waals surface area contributed by atoms with Gasteiger partial charge in [0, 0.05) is 25.2 Å². The average molecular weight is 359 g/mol. The van der Waals surface area contributed by atoms with Crippen molar-refractivity contribution in [1.29, 1.82) is 0 Å². The van der Waals surface area contributed by atoms with Gasteiger partial charge >= 0.3 is 0 Å². The molecule has 0 spiro atoms. The molecule has 0 saturated carbocycles. The van der Waals surface area contributed by atoms with E-state index in [-0.39, 0.29) is 11.8 Å². The number of aryl methyl sites for hydroxylation is 1. The molecule has 27 heavy (non-hydrogen) atoms. The summed E-state index contributed by atoms with van der Waals surface area (Å²) in [6.45, 7) is 3.53. The molecule has 1 fully saturated rings. The Bertz CT molecular complexity index is 1140. The summed E-state index contributed by atoms with van der Waals surface area (Å²) in [6, 6.07) is 11.9. The van der Waals surface area contributed by atoms with Crippen LogP contribution in [0.4, 0.5) is 0 Å². The second-order valence-corrected chi connectivity index (χ2v) is 7.26. The van der Waals surface area contributed by atoms with Gasteiger partial charge in [-0.1, -0.05) is 18.2 Å². The number of para-hydroxylation sites is 1. The van der Waals surface area contributed by atoms with E-state index in [0.717, 1.165) is 41.9 Å². The molecule has 136 valence electrons. The lowest BCUT2D eigenvalue weighted by Crippen LogP contribution is -2.39. The Balaban J connectivity index is 1.43. The molecule has 0 radical (unpaired) electrons. The normalized spacial score (nSPS) is 17.7. The molecule has 6 nitrogen and oxygen atoms in total. The Kier molecular flexibility index (Phi) is 3.70. The molecule has 1 saturated heterocycles. The molecule has 5 rings (SSSR count). The van der Waals surface area contributed by atoms with Crippen LogP contribution < -0.4 is 0 Å². The first kappa shape index (κ1) is 16.1. The molecule has 0 aliphatic carbocycles. The molecule has 6 heteroatoms. The largest absolute Gasteiger partial charge is 0.342 e. The Morgan fingerprint density at radius 2 is 2.15 bits per heavy atom. The van der Waals surface area contributed by atoms with Crippen LogP contribution in [0.1, 0.15) is 40.6 Å². The third-order valence-electron chi connectivity index (χ3n) is 5.46. The molecule has 0 unspecified atom stereocenters. The number of imidazole rings is 2. The summed E-state index contributed by atoms with van der Waals surface area (Å²) in [6.07, 6.45) is 5.57. The highest BCUT2D eigenvalue weighted by molar-refractivity contribution is 5.93. The number of nitrogens with one attached hydrogen (secondary N) is 1. The lowest BCUT2D eigenvalue weighted by molar-refractivity contribution is 0.0698. The molecule has 1 atom stereocenters. The first-order valence-electron chi connectivity index (χ1n) is 9.37. The number of fused-ring (bicyclic) bond motifs is 2. The molecule has 3 aromatic heterocycles. The minimum Gasteiger partial charge on any atom is -0.342 e. The molecule has 0 bridgehead atoms. The number of piperidine rings is 1.